The van der Waals surface area contributed by atoms with Gasteiger partial charge in [0, 0.05) is 43.9 Å². The van der Waals surface area contributed by atoms with Gasteiger partial charge < -0.3 is 4.74 Å². The summed E-state index contributed by atoms with van der Waals surface area (Å²) in [6.45, 7) is 8.77. The first kappa shape index (κ1) is 14.9. The van der Waals surface area contributed by atoms with Gasteiger partial charge in [-0.25, -0.2) is 0 Å². The molecule has 116 valence electrons. The topological polar surface area (TPSA) is 15.7 Å². The minimum absolute atomic E-state index is 0.768. The molecule has 0 radical (unpaired) electrons. The molecule has 1 aromatic carbocycles. The molecular weight excluding hydrogens is 280 g/mol. The zero-order chi connectivity index (χ0) is 14.7. The summed E-state index contributed by atoms with van der Waals surface area (Å²) in [5.41, 5.74) is 1.42. The molecule has 1 fully saturated rings. The van der Waals surface area contributed by atoms with E-state index in [0.29, 0.717) is 0 Å². The first-order valence-corrected chi connectivity index (χ1v) is 9.97. The Kier molecular flexibility index (Phi) is 4.57. The Morgan fingerprint density at radius 1 is 1.10 bits per heavy atom. The van der Waals surface area contributed by atoms with Gasteiger partial charge in [-0.05, 0) is 18.7 Å². The standard InChI is InChI=1S/C17H26N2OS/c1-16-15-21(2,13-12-20-16)19-10-8-18(9-11-19)14-17-6-4-3-5-7-17/h3-7,15H,8-14H2,1-2H3. The molecule has 0 N–H and O–H groups in total. The fraction of sp³-hybridized carbons (Fsp3) is 0.529. The summed E-state index contributed by atoms with van der Waals surface area (Å²) in [4.78, 5) is 2.57. The van der Waals surface area contributed by atoms with Crippen LogP contribution in [0.15, 0.2) is 41.5 Å². The SMILES string of the molecule is CC1=CS(C)(N2CCN(Cc3ccccc3)CC2)CCO1. The highest BCUT2D eigenvalue weighted by atomic mass is 32.3. The lowest BCUT2D eigenvalue weighted by molar-refractivity contribution is 0.184. The molecule has 1 aromatic rings. The molecule has 21 heavy (non-hydrogen) atoms. The van der Waals surface area contributed by atoms with Crippen molar-refractivity contribution in [3.05, 3.63) is 47.1 Å². The van der Waals surface area contributed by atoms with Gasteiger partial charge in [0.2, 0.25) is 0 Å². The Hall–Kier alpha value is -0.970. The Bertz CT molecular complexity index is 497. The fourth-order valence-electron chi connectivity index (χ4n) is 3.17. The number of benzene rings is 1. The van der Waals surface area contributed by atoms with Gasteiger partial charge in [0.25, 0.3) is 0 Å². The van der Waals surface area contributed by atoms with Gasteiger partial charge in [-0.2, -0.15) is 10.2 Å². The first-order valence-electron chi connectivity index (χ1n) is 7.74. The Morgan fingerprint density at radius 3 is 2.48 bits per heavy atom. The van der Waals surface area contributed by atoms with Crippen LogP contribution in [0.2, 0.25) is 0 Å². The molecule has 2 aliphatic rings. The van der Waals surface area contributed by atoms with E-state index >= 15 is 0 Å². The fourth-order valence-corrected chi connectivity index (χ4v) is 5.90. The van der Waals surface area contributed by atoms with Crippen molar-refractivity contribution in [2.45, 2.75) is 13.5 Å². The number of piperazine rings is 1. The van der Waals surface area contributed by atoms with E-state index in [-0.39, 0.29) is 0 Å². The minimum Gasteiger partial charge on any atom is -0.497 e. The highest BCUT2D eigenvalue weighted by Crippen LogP contribution is 2.52. The number of nitrogens with zero attached hydrogens (tertiary/aromatic N) is 2. The van der Waals surface area contributed by atoms with Gasteiger partial charge in [0.1, 0.15) is 0 Å². The molecule has 2 aliphatic heterocycles. The molecule has 3 rings (SSSR count). The van der Waals surface area contributed by atoms with Gasteiger partial charge in [-0.3, -0.25) is 9.21 Å². The van der Waals surface area contributed by atoms with Crippen LogP contribution in [0.25, 0.3) is 0 Å². The molecule has 0 aliphatic carbocycles. The maximum Gasteiger partial charge on any atom is 0.0988 e. The third-order valence-electron chi connectivity index (χ3n) is 4.42. The van der Waals surface area contributed by atoms with E-state index in [9.17, 15) is 0 Å². The van der Waals surface area contributed by atoms with E-state index in [2.05, 4.69) is 58.1 Å². The van der Waals surface area contributed by atoms with Crippen molar-refractivity contribution in [3.63, 3.8) is 0 Å². The van der Waals surface area contributed by atoms with E-state index in [4.69, 9.17) is 4.74 Å². The van der Waals surface area contributed by atoms with Gasteiger partial charge in [-0.15, -0.1) is 0 Å². The number of ether oxygens (including phenoxy) is 1. The molecule has 1 unspecified atom stereocenters. The lowest BCUT2D eigenvalue weighted by atomic mass is 10.2. The summed E-state index contributed by atoms with van der Waals surface area (Å²) < 4.78 is 8.32. The lowest BCUT2D eigenvalue weighted by Crippen LogP contribution is -2.47. The molecule has 1 saturated heterocycles. The average Bonchev–Trinajstić information content (AvgIpc) is 2.49. The summed E-state index contributed by atoms with van der Waals surface area (Å²) in [5, 5.41) is 2.39. The molecule has 3 nitrogen and oxygen atoms in total. The third-order valence-corrected chi connectivity index (χ3v) is 7.79. The number of allylic oxidation sites excluding steroid dienone is 1. The molecular formula is C17H26N2OS. The van der Waals surface area contributed by atoms with Crippen LogP contribution in [-0.4, -0.2) is 54.0 Å². The largest absolute Gasteiger partial charge is 0.497 e. The second kappa shape index (κ2) is 6.42. The van der Waals surface area contributed by atoms with Gasteiger partial charge in [0.05, 0.1) is 12.4 Å². The van der Waals surface area contributed by atoms with Crippen molar-refractivity contribution in [1.82, 2.24) is 9.21 Å². The summed E-state index contributed by atoms with van der Waals surface area (Å²) >= 11 is 0. The normalized spacial score (nSPS) is 31.0. The average molecular weight is 306 g/mol. The lowest BCUT2D eigenvalue weighted by Gasteiger charge is -2.49. The van der Waals surface area contributed by atoms with Crippen molar-refractivity contribution in [3.8, 4) is 0 Å². The highest BCUT2D eigenvalue weighted by Gasteiger charge is 2.30. The first-order chi connectivity index (χ1) is 10.2. The number of hydrogen-bond donors (Lipinski definition) is 0. The van der Waals surface area contributed by atoms with Gasteiger partial charge >= 0.3 is 0 Å². The van der Waals surface area contributed by atoms with Crippen LogP contribution < -0.4 is 0 Å². The van der Waals surface area contributed by atoms with E-state index in [1.54, 1.807) is 0 Å². The minimum atomic E-state index is -0.768. The zero-order valence-electron chi connectivity index (χ0n) is 13.1. The second-order valence-corrected chi connectivity index (χ2v) is 9.46. The number of hydrogen-bond acceptors (Lipinski definition) is 3. The van der Waals surface area contributed by atoms with Crippen molar-refractivity contribution in [1.29, 1.82) is 0 Å². The van der Waals surface area contributed by atoms with Crippen molar-refractivity contribution in [2.24, 2.45) is 0 Å². The smallest absolute Gasteiger partial charge is 0.0988 e. The van der Waals surface area contributed by atoms with Crippen molar-refractivity contribution in [2.75, 3.05) is 44.8 Å². The summed E-state index contributed by atoms with van der Waals surface area (Å²) in [7, 11) is -0.768. The van der Waals surface area contributed by atoms with Crippen LogP contribution in [-0.2, 0) is 11.3 Å². The quantitative estimate of drug-likeness (QED) is 0.853. The molecule has 2 heterocycles. The molecule has 0 aromatic heterocycles. The van der Waals surface area contributed by atoms with Gasteiger partial charge in [0.15, 0.2) is 0 Å². The molecule has 0 bridgehead atoms. The van der Waals surface area contributed by atoms with E-state index < -0.39 is 10.2 Å². The van der Waals surface area contributed by atoms with Crippen molar-refractivity contribution < 1.29 is 4.74 Å². The van der Waals surface area contributed by atoms with Gasteiger partial charge in [-0.1, -0.05) is 30.3 Å². The predicted octanol–water partition coefficient (Wildman–Crippen LogP) is 3.05. The second-order valence-electron chi connectivity index (χ2n) is 6.08. The molecule has 1 atom stereocenters. The monoisotopic (exact) mass is 306 g/mol. The Balaban J connectivity index is 1.57. The van der Waals surface area contributed by atoms with Crippen LogP contribution in [0.4, 0.5) is 0 Å². The van der Waals surface area contributed by atoms with Crippen LogP contribution in [0.5, 0.6) is 0 Å². The molecule has 0 amide bonds. The van der Waals surface area contributed by atoms with E-state index in [1.807, 2.05) is 0 Å². The molecule has 0 spiro atoms. The number of rotatable bonds is 3. The Morgan fingerprint density at radius 2 is 1.81 bits per heavy atom. The van der Waals surface area contributed by atoms with Crippen LogP contribution in [0.1, 0.15) is 12.5 Å². The van der Waals surface area contributed by atoms with Crippen molar-refractivity contribution >= 4 is 10.2 Å². The molecule has 0 saturated carbocycles. The van der Waals surface area contributed by atoms with Crippen LogP contribution in [0, 0.1) is 0 Å². The molecule has 4 heteroatoms. The van der Waals surface area contributed by atoms with Crippen LogP contribution in [0.3, 0.4) is 0 Å². The highest BCUT2D eigenvalue weighted by molar-refractivity contribution is 8.33. The Labute approximate surface area is 130 Å². The van der Waals surface area contributed by atoms with E-state index in [1.165, 1.54) is 37.5 Å². The predicted molar refractivity (Wildman–Crippen MR) is 91.4 cm³/mol. The maximum atomic E-state index is 5.61. The summed E-state index contributed by atoms with van der Waals surface area (Å²) in [5.74, 6) is 2.30. The summed E-state index contributed by atoms with van der Waals surface area (Å²) in [6, 6.07) is 10.8. The van der Waals surface area contributed by atoms with Crippen LogP contribution >= 0.6 is 10.2 Å². The zero-order valence-corrected chi connectivity index (χ0v) is 13.9. The van der Waals surface area contributed by atoms with E-state index in [0.717, 1.165) is 18.9 Å². The maximum absolute atomic E-state index is 5.61. The third kappa shape index (κ3) is 3.62. The summed E-state index contributed by atoms with van der Waals surface area (Å²) in [6.07, 6.45) is 2.44.